The minimum Gasteiger partial charge on any atom is -0.398 e. The molecule has 0 aliphatic rings. The molecule has 0 fully saturated rings. The van der Waals surface area contributed by atoms with E-state index in [1.54, 1.807) is 18.2 Å². The molecule has 1 rings (SSSR count). The lowest BCUT2D eigenvalue weighted by Crippen LogP contribution is -2.24. The summed E-state index contributed by atoms with van der Waals surface area (Å²) in [6, 6.07) is 5.09. The van der Waals surface area contributed by atoms with Gasteiger partial charge in [-0.1, -0.05) is 43.9 Å². The average molecular weight is 255 g/mol. The molecule has 0 unspecified atom stereocenters. The minimum absolute atomic E-state index is 0.154. The molecule has 4 heteroatoms. The number of halogens is 1. The standard InChI is InChI=1S/C13H19ClN2O/c1-2-3-4-5-9-16-13(17)10-7-6-8-11(15)12(10)14/h6-8H,2-5,9,15H2,1H3,(H,16,17). The Morgan fingerprint density at radius 3 is 2.82 bits per heavy atom. The Balaban J connectivity index is 2.44. The van der Waals surface area contributed by atoms with Crippen LogP contribution in [0.1, 0.15) is 43.0 Å². The van der Waals surface area contributed by atoms with E-state index in [0.29, 0.717) is 22.8 Å². The SMILES string of the molecule is CCCCCCNC(=O)c1cccc(N)c1Cl. The van der Waals surface area contributed by atoms with Crippen LogP contribution in [0.2, 0.25) is 5.02 Å². The molecule has 0 atom stereocenters. The van der Waals surface area contributed by atoms with Crippen LogP contribution >= 0.6 is 11.6 Å². The average Bonchev–Trinajstić information content (AvgIpc) is 2.32. The molecule has 0 aliphatic heterocycles. The first-order valence-electron chi connectivity index (χ1n) is 5.99. The van der Waals surface area contributed by atoms with E-state index < -0.39 is 0 Å². The predicted octanol–water partition coefficient (Wildman–Crippen LogP) is 3.23. The number of nitrogens with two attached hydrogens (primary N) is 1. The summed E-state index contributed by atoms with van der Waals surface area (Å²) in [7, 11) is 0. The van der Waals surface area contributed by atoms with Crippen molar-refractivity contribution >= 4 is 23.2 Å². The van der Waals surface area contributed by atoms with Gasteiger partial charge in [-0.3, -0.25) is 4.79 Å². The fourth-order valence-electron chi connectivity index (χ4n) is 1.57. The van der Waals surface area contributed by atoms with E-state index in [2.05, 4.69) is 12.2 Å². The molecule has 0 aromatic heterocycles. The highest BCUT2D eigenvalue weighted by Crippen LogP contribution is 2.22. The molecule has 0 bridgehead atoms. The van der Waals surface area contributed by atoms with Crippen LogP contribution in [-0.4, -0.2) is 12.5 Å². The van der Waals surface area contributed by atoms with Gasteiger partial charge < -0.3 is 11.1 Å². The number of hydrogen-bond donors (Lipinski definition) is 2. The highest BCUT2D eigenvalue weighted by molar-refractivity contribution is 6.36. The van der Waals surface area contributed by atoms with E-state index in [0.717, 1.165) is 12.8 Å². The maximum Gasteiger partial charge on any atom is 0.252 e. The van der Waals surface area contributed by atoms with E-state index >= 15 is 0 Å². The van der Waals surface area contributed by atoms with Crippen LogP contribution < -0.4 is 11.1 Å². The van der Waals surface area contributed by atoms with Gasteiger partial charge in [0.15, 0.2) is 0 Å². The molecule has 94 valence electrons. The van der Waals surface area contributed by atoms with Crippen LogP contribution in [0.5, 0.6) is 0 Å². The molecule has 0 saturated heterocycles. The van der Waals surface area contributed by atoms with Gasteiger partial charge in [0.2, 0.25) is 0 Å². The number of benzene rings is 1. The van der Waals surface area contributed by atoms with Crippen molar-refractivity contribution in [2.75, 3.05) is 12.3 Å². The number of carbonyl (C=O) groups excluding carboxylic acids is 1. The Morgan fingerprint density at radius 1 is 1.35 bits per heavy atom. The first kappa shape index (κ1) is 13.8. The molecule has 0 aliphatic carbocycles. The number of hydrogen-bond acceptors (Lipinski definition) is 2. The Labute approximate surface area is 107 Å². The lowest BCUT2D eigenvalue weighted by molar-refractivity contribution is 0.0953. The van der Waals surface area contributed by atoms with Crippen LogP contribution in [-0.2, 0) is 0 Å². The Hall–Kier alpha value is -1.22. The number of unbranched alkanes of at least 4 members (excludes halogenated alkanes) is 3. The topological polar surface area (TPSA) is 55.1 Å². The summed E-state index contributed by atoms with van der Waals surface area (Å²) in [6.45, 7) is 2.84. The first-order valence-corrected chi connectivity index (χ1v) is 6.36. The molecular weight excluding hydrogens is 236 g/mol. The largest absolute Gasteiger partial charge is 0.398 e. The summed E-state index contributed by atoms with van der Waals surface area (Å²) in [4.78, 5) is 11.8. The Bertz CT molecular complexity index is 380. The summed E-state index contributed by atoms with van der Waals surface area (Å²) in [5.74, 6) is -0.154. The van der Waals surface area contributed by atoms with Crippen molar-refractivity contribution in [1.29, 1.82) is 0 Å². The highest BCUT2D eigenvalue weighted by atomic mass is 35.5. The van der Waals surface area contributed by atoms with E-state index in [1.165, 1.54) is 12.8 Å². The van der Waals surface area contributed by atoms with E-state index in [1.807, 2.05) is 0 Å². The van der Waals surface area contributed by atoms with Gasteiger partial charge in [-0.15, -0.1) is 0 Å². The van der Waals surface area contributed by atoms with Gasteiger partial charge in [-0.05, 0) is 18.6 Å². The van der Waals surface area contributed by atoms with Crippen LogP contribution in [0.25, 0.3) is 0 Å². The molecule has 1 amide bonds. The molecule has 0 radical (unpaired) electrons. The molecule has 3 nitrogen and oxygen atoms in total. The summed E-state index contributed by atoms with van der Waals surface area (Å²) in [5.41, 5.74) is 6.52. The summed E-state index contributed by atoms with van der Waals surface area (Å²) in [6.07, 6.45) is 4.53. The van der Waals surface area contributed by atoms with Crippen molar-refractivity contribution in [2.45, 2.75) is 32.6 Å². The van der Waals surface area contributed by atoms with Gasteiger partial charge in [-0.2, -0.15) is 0 Å². The maximum atomic E-state index is 11.8. The second-order valence-corrected chi connectivity index (χ2v) is 4.40. The number of nitrogens with one attached hydrogen (secondary N) is 1. The zero-order valence-corrected chi connectivity index (χ0v) is 10.9. The normalized spacial score (nSPS) is 10.2. The second-order valence-electron chi connectivity index (χ2n) is 4.03. The summed E-state index contributed by atoms with van der Waals surface area (Å²) >= 11 is 5.96. The summed E-state index contributed by atoms with van der Waals surface area (Å²) < 4.78 is 0. The number of amides is 1. The van der Waals surface area contributed by atoms with Gasteiger partial charge in [0.25, 0.3) is 5.91 Å². The minimum atomic E-state index is -0.154. The van der Waals surface area contributed by atoms with Crippen LogP contribution in [0.15, 0.2) is 18.2 Å². The monoisotopic (exact) mass is 254 g/mol. The fourth-order valence-corrected chi connectivity index (χ4v) is 1.79. The van der Waals surface area contributed by atoms with Crippen molar-refractivity contribution < 1.29 is 4.79 Å². The molecule has 1 aromatic carbocycles. The molecule has 0 saturated carbocycles. The van der Waals surface area contributed by atoms with Crippen molar-refractivity contribution in [3.63, 3.8) is 0 Å². The van der Waals surface area contributed by atoms with Gasteiger partial charge >= 0.3 is 0 Å². The van der Waals surface area contributed by atoms with Gasteiger partial charge in [-0.25, -0.2) is 0 Å². The van der Waals surface area contributed by atoms with Crippen molar-refractivity contribution in [1.82, 2.24) is 5.32 Å². The molecular formula is C13H19ClN2O. The smallest absolute Gasteiger partial charge is 0.252 e. The van der Waals surface area contributed by atoms with Gasteiger partial charge in [0, 0.05) is 6.54 Å². The third-order valence-electron chi connectivity index (χ3n) is 2.59. The molecule has 0 heterocycles. The highest BCUT2D eigenvalue weighted by Gasteiger charge is 2.10. The fraction of sp³-hybridized carbons (Fsp3) is 0.462. The molecule has 0 spiro atoms. The number of rotatable bonds is 6. The van der Waals surface area contributed by atoms with Crippen LogP contribution in [0.3, 0.4) is 0 Å². The zero-order valence-electron chi connectivity index (χ0n) is 10.1. The van der Waals surface area contributed by atoms with Gasteiger partial charge in [0.05, 0.1) is 16.3 Å². The number of nitrogen functional groups attached to an aromatic ring is 1. The third kappa shape index (κ3) is 4.27. The molecule has 3 N–H and O–H groups in total. The van der Waals surface area contributed by atoms with E-state index in [4.69, 9.17) is 17.3 Å². The predicted molar refractivity (Wildman–Crippen MR) is 72.3 cm³/mol. The van der Waals surface area contributed by atoms with Crippen LogP contribution in [0.4, 0.5) is 5.69 Å². The third-order valence-corrected chi connectivity index (χ3v) is 3.01. The quantitative estimate of drug-likeness (QED) is 0.605. The lowest BCUT2D eigenvalue weighted by Gasteiger charge is -2.07. The van der Waals surface area contributed by atoms with E-state index in [9.17, 15) is 4.79 Å². The van der Waals surface area contributed by atoms with E-state index in [-0.39, 0.29) is 5.91 Å². The van der Waals surface area contributed by atoms with Crippen LogP contribution in [0, 0.1) is 0 Å². The lowest BCUT2D eigenvalue weighted by atomic mass is 10.1. The van der Waals surface area contributed by atoms with Gasteiger partial charge in [0.1, 0.15) is 0 Å². The zero-order chi connectivity index (χ0) is 12.7. The first-order chi connectivity index (χ1) is 8.16. The molecule has 1 aromatic rings. The Morgan fingerprint density at radius 2 is 2.12 bits per heavy atom. The number of carbonyl (C=O) groups is 1. The molecule has 17 heavy (non-hydrogen) atoms. The van der Waals surface area contributed by atoms with Crippen molar-refractivity contribution in [3.05, 3.63) is 28.8 Å². The summed E-state index contributed by atoms with van der Waals surface area (Å²) in [5, 5.41) is 3.18. The second kappa shape index (κ2) is 7.17. The Kier molecular flexibility index (Phi) is 5.84. The van der Waals surface area contributed by atoms with Crippen molar-refractivity contribution in [3.8, 4) is 0 Å². The maximum absolute atomic E-state index is 11.8. The van der Waals surface area contributed by atoms with Crippen molar-refractivity contribution in [2.24, 2.45) is 0 Å². The number of anilines is 1.